The average molecular weight is 1080 g/mol. The van der Waals surface area contributed by atoms with Crippen molar-refractivity contribution in [2.24, 2.45) is 10.9 Å². The van der Waals surface area contributed by atoms with Gasteiger partial charge in [0.1, 0.15) is 13.2 Å². The maximum absolute atomic E-state index is 15.2. The van der Waals surface area contributed by atoms with Crippen molar-refractivity contribution >= 4 is 24.1 Å². The standard InChI is InChI=1S/C62H71BF10N2O2/c1-55(2,3)44-26-18-40(19-27-44)49-35-51(42-22-30-46(31-23-42)57(7,8)9)74-53(49)48(34-17-39-15-13-14-16-39)54-50(41-20-28-45(29-21-41)56(4,5)6)36-52(43-24-32-47(33-25-43)58(10,11)12)75(54)63(76-37-59(64,65)61(68,69)70)77-38-60(66,67)62(71,72)73/h18-33,35-36,39H,13-17,34,37-38H2,1-12H3/b53-48-. The molecule has 15 heteroatoms. The summed E-state index contributed by atoms with van der Waals surface area (Å²) < 4.78 is 157. The Labute approximate surface area is 448 Å². The first-order valence-corrected chi connectivity index (χ1v) is 26.3. The van der Waals surface area contributed by atoms with E-state index in [4.69, 9.17) is 14.3 Å². The predicted octanol–water partition coefficient (Wildman–Crippen LogP) is 18.5. The van der Waals surface area contributed by atoms with Crippen LogP contribution in [0, 0.1) is 5.92 Å². The van der Waals surface area contributed by atoms with Gasteiger partial charge in [0.15, 0.2) is 0 Å². The molecular formula is C62H71BF10N2O2. The molecule has 0 saturated heterocycles. The van der Waals surface area contributed by atoms with Crippen LogP contribution in [0.25, 0.3) is 33.5 Å². The number of aliphatic imine (C=N–C) groups is 1. The summed E-state index contributed by atoms with van der Waals surface area (Å²) in [6.45, 7) is 19.6. The molecule has 0 spiro atoms. The molecule has 0 radical (unpaired) electrons. The highest BCUT2D eigenvalue weighted by molar-refractivity contribution is 6.44. The number of hydrogen-bond donors (Lipinski definition) is 0. The molecule has 4 aromatic carbocycles. The maximum atomic E-state index is 15.2. The van der Waals surface area contributed by atoms with Crippen molar-refractivity contribution in [3.8, 4) is 22.4 Å². The smallest absolute Gasteiger partial charge is 0.385 e. The molecule has 0 bridgehead atoms. The van der Waals surface area contributed by atoms with Crippen LogP contribution in [-0.2, 0) is 31.0 Å². The van der Waals surface area contributed by atoms with E-state index in [0.717, 1.165) is 63.5 Å². The van der Waals surface area contributed by atoms with Crippen LogP contribution in [0.15, 0.2) is 120 Å². The van der Waals surface area contributed by atoms with Crippen LogP contribution in [0.2, 0.25) is 0 Å². The summed E-state index contributed by atoms with van der Waals surface area (Å²) in [6, 6.07) is 31.9. The minimum absolute atomic E-state index is 0.0185. The lowest BCUT2D eigenvalue weighted by Crippen LogP contribution is -2.48. The van der Waals surface area contributed by atoms with Crippen molar-refractivity contribution in [3.05, 3.63) is 154 Å². The first-order chi connectivity index (χ1) is 35.5. The lowest BCUT2D eigenvalue weighted by atomic mass is 9.84. The van der Waals surface area contributed by atoms with E-state index in [1.54, 1.807) is 30.3 Å². The van der Waals surface area contributed by atoms with Gasteiger partial charge in [-0.25, -0.2) is 4.99 Å². The van der Waals surface area contributed by atoms with Crippen LogP contribution in [0.5, 0.6) is 0 Å². The van der Waals surface area contributed by atoms with Gasteiger partial charge < -0.3 is 13.8 Å². The zero-order valence-electron chi connectivity index (χ0n) is 46.2. The molecule has 5 aromatic rings. The number of halogens is 10. The van der Waals surface area contributed by atoms with Gasteiger partial charge in [0.25, 0.3) is 0 Å². The second-order valence-corrected chi connectivity index (χ2v) is 24.9. The number of hydrogen-bond acceptors (Lipinski definition) is 3. The van der Waals surface area contributed by atoms with Gasteiger partial charge in [-0.05, 0) is 91.5 Å². The lowest BCUT2D eigenvalue weighted by molar-refractivity contribution is -0.295. The predicted molar refractivity (Wildman–Crippen MR) is 291 cm³/mol. The molecule has 4 nitrogen and oxygen atoms in total. The number of benzene rings is 4. The highest BCUT2D eigenvalue weighted by Gasteiger charge is 2.60. The van der Waals surface area contributed by atoms with Crippen molar-refractivity contribution in [3.63, 3.8) is 0 Å². The summed E-state index contributed by atoms with van der Waals surface area (Å²) >= 11 is 0. The molecule has 0 atom stereocenters. The Morgan fingerprint density at radius 2 is 0.896 bits per heavy atom. The Hall–Kier alpha value is -5.41. The fraction of sp³-hybridized carbons (Fsp3) is 0.468. The molecule has 77 heavy (non-hydrogen) atoms. The van der Waals surface area contributed by atoms with Gasteiger partial charge in [-0.2, -0.15) is 43.9 Å². The minimum Gasteiger partial charge on any atom is -0.385 e. The van der Waals surface area contributed by atoms with Crippen molar-refractivity contribution in [1.29, 1.82) is 0 Å². The maximum Gasteiger partial charge on any atom is 0.598 e. The van der Waals surface area contributed by atoms with Gasteiger partial charge in [0.2, 0.25) is 0 Å². The fourth-order valence-electron chi connectivity index (χ4n) is 9.80. The normalized spacial score (nSPS) is 16.3. The van der Waals surface area contributed by atoms with Gasteiger partial charge in [0, 0.05) is 33.7 Å². The molecule has 0 unspecified atom stereocenters. The van der Waals surface area contributed by atoms with Crippen LogP contribution in [0.4, 0.5) is 43.9 Å². The number of aromatic nitrogens is 1. The van der Waals surface area contributed by atoms with Crippen LogP contribution in [0.1, 0.15) is 161 Å². The second-order valence-electron chi connectivity index (χ2n) is 24.9. The SMILES string of the molecule is CC(C)(C)c1ccc(C2=CC(c3ccc(C(C)(C)C)cc3)=N/C2=C(/CCC2CCCC2)c2c(-c3ccc(C(C)(C)C)cc3)cc(-c3ccc(C(C)(C)C)cc3)n2B(OCC(F)(F)C(F)(F)F)OCC(F)(F)C(F)(F)F)cc1. The first kappa shape index (κ1) is 59.3. The Bertz CT molecular complexity index is 2920. The lowest BCUT2D eigenvalue weighted by Gasteiger charge is -2.28. The summed E-state index contributed by atoms with van der Waals surface area (Å²) in [7, 11) is -2.73. The molecule has 7 rings (SSSR count). The molecule has 0 amide bonds. The third kappa shape index (κ3) is 13.5. The summed E-state index contributed by atoms with van der Waals surface area (Å²) in [5.74, 6) is -11.0. The molecule has 2 aliphatic rings. The summed E-state index contributed by atoms with van der Waals surface area (Å²) in [5.41, 5.74) is 7.42. The Morgan fingerprint density at radius 3 is 1.29 bits per heavy atom. The monoisotopic (exact) mass is 1080 g/mol. The van der Waals surface area contributed by atoms with Gasteiger partial charge in [-0.15, -0.1) is 0 Å². The van der Waals surface area contributed by atoms with Gasteiger partial charge in [-0.3, -0.25) is 0 Å². The third-order valence-electron chi connectivity index (χ3n) is 14.7. The van der Waals surface area contributed by atoms with Crippen LogP contribution in [0.3, 0.4) is 0 Å². The molecule has 1 saturated carbocycles. The molecule has 1 aromatic heterocycles. The molecule has 1 aliphatic carbocycles. The molecule has 2 heterocycles. The Balaban J connectivity index is 1.65. The number of nitrogens with zero attached hydrogens (tertiary/aromatic N) is 2. The third-order valence-corrected chi connectivity index (χ3v) is 14.7. The topological polar surface area (TPSA) is 35.8 Å². The summed E-state index contributed by atoms with van der Waals surface area (Å²) in [4.78, 5) is 5.41. The van der Waals surface area contributed by atoms with E-state index in [1.165, 1.54) is 0 Å². The van der Waals surface area contributed by atoms with Crippen molar-refractivity contribution in [1.82, 2.24) is 4.48 Å². The highest BCUT2D eigenvalue weighted by Crippen LogP contribution is 2.48. The van der Waals surface area contributed by atoms with E-state index >= 15 is 17.6 Å². The number of allylic oxidation sites excluding steroid dienone is 3. The first-order valence-electron chi connectivity index (χ1n) is 26.3. The Morgan fingerprint density at radius 1 is 0.519 bits per heavy atom. The van der Waals surface area contributed by atoms with Gasteiger partial charge in [-0.1, -0.05) is 206 Å². The molecule has 0 N–H and O–H groups in total. The largest absolute Gasteiger partial charge is 0.598 e. The van der Waals surface area contributed by atoms with Crippen LogP contribution in [-0.4, -0.2) is 54.9 Å². The quantitative estimate of drug-likeness (QED) is 0.0774. The van der Waals surface area contributed by atoms with Crippen molar-refractivity contribution in [2.75, 3.05) is 13.2 Å². The van der Waals surface area contributed by atoms with E-state index < -0.39 is 44.7 Å². The van der Waals surface area contributed by atoms with E-state index in [9.17, 15) is 26.3 Å². The molecule has 1 fully saturated rings. The van der Waals surface area contributed by atoms with Gasteiger partial charge >= 0.3 is 31.5 Å². The second kappa shape index (κ2) is 21.7. The van der Waals surface area contributed by atoms with Crippen molar-refractivity contribution in [2.45, 2.75) is 167 Å². The van der Waals surface area contributed by atoms with E-state index in [1.807, 2.05) is 120 Å². The Kier molecular flexibility index (Phi) is 16.7. The average Bonchev–Trinajstić information content (AvgIpc) is 4.15. The molecular weight excluding hydrogens is 1010 g/mol. The zero-order chi connectivity index (χ0) is 56.9. The number of alkyl halides is 10. The van der Waals surface area contributed by atoms with Crippen molar-refractivity contribution < 1.29 is 53.2 Å². The highest BCUT2D eigenvalue weighted by atomic mass is 19.4. The van der Waals surface area contributed by atoms with Gasteiger partial charge in [0.05, 0.1) is 11.4 Å². The van der Waals surface area contributed by atoms with Crippen LogP contribution >= 0.6 is 0 Å². The minimum atomic E-state index is -6.20. The van der Waals surface area contributed by atoms with E-state index in [2.05, 4.69) is 41.5 Å². The fourth-order valence-corrected chi connectivity index (χ4v) is 9.80. The van der Waals surface area contributed by atoms with E-state index in [0.29, 0.717) is 45.7 Å². The zero-order valence-corrected chi connectivity index (χ0v) is 46.2. The van der Waals surface area contributed by atoms with E-state index in [-0.39, 0.29) is 45.4 Å². The van der Waals surface area contributed by atoms with Crippen LogP contribution < -0.4 is 0 Å². The molecule has 414 valence electrons. The number of rotatable bonds is 15. The summed E-state index contributed by atoms with van der Waals surface area (Å²) in [6.07, 6.45) is -6.03. The molecule has 1 aliphatic heterocycles. The summed E-state index contributed by atoms with van der Waals surface area (Å²) in [5, 5.41) is 0.